The molecule has 0 aliphatic carbocycles. The number of nitrogens with zero attached hydrogens (tertiary/aromatic N) is 4. The van der Waals surface area contributed by atoms with E-state index in [0.717, 1.165) is 16.8 Å². The lowest BCUT2D eigenvalue weighted by molar-refractivity contribution is -0.179. The zero-order valence-electron chi connectivity index (χ0n) is 16.4. The van der Waals surface area contributed by atoms with Crippen LogP contribution in [0.2, 0.25) is 0 Å². The molecular formula is C19H16BrF3N4O5S. The molecule has 3 unspecified atom stereocenters. The number of halogens is 4. The fourth-order valence-corrected chi connectivity index (χ4v) is 5.30. The van der Waals surface area contributed by atoms with Gasteiger partial charge in [-0.2, -0.15) is 0 Å². The quantitative estimate of drug-likeness (QED) is 0.407. The molecule has 9 nitrogen and oxygen atoms in total. The van der Waals surface area contributed by atoms with Crippen LogP contribution in [0.15, 0.2) is 46.2 Å². The second-order valence-electron chi connectivity index (χ2n) is 7.17. The Kier molecular flexibility index (Phi) is 6.93. The van der Waals surface area contributed by atoms with Gasteiger partial charge in [0.15, 0.2) is 22.9 Å². The molecule has 33 heavy (non-hydrogen) atoms. The lowest BCUT2D eigenvalue weighted by Crippen LogP contribution is -2.57. The van der Waals surface area contributed by atoms with Crippen LogP contribution in [-0.2, 0) is 15.5 Å². The van der Waals surface area contributed by atoms with E-state index in [1.54, 1.807) is 0 Å². The second kappa shape index (κ2) is 9.56. The van der Waals surface area contributed by atoms with E-state index < -0.39 is 64.6 Å². The van der Waals surface area contributed by atoms with E-state index in [2.05, 4.69) is 31.2 Å². The molecule has 1 saturated heterocycles. The maximum atomic E-state index is 13.6. The van der Waals surface area contributed by atoms with Crippen LogP contribution in [0.1, 0.15) is 6.04 Å². The minimum atomic E-state index is -1.97. The van der Waals surface area contributed by atoms with Crippen molar-refractivity contribution in [3.8, 4) is 11.3 Å². The number of aliphatic hydroxyl groups is 3. The molecule has 0 radical (unpaired) electrons. The lowest BCUT2D eigenvalue weighted by Gasteiger charge is -2.41. The number of aromatic nitrogens is 4. The van der Waals surface area contributed by atoms with E-state index in [4.69, 9.17) is 4.74 Å². The first-order valence-corrected chi connectivity index (χ1v) is 11.4. The Balaban J connectivity index is 1.68. The summed E-state index contributed by atoms with van der Waals surface area (Å²) in [6, 6.07) is 1.66. The topological polar surface area (TPSA) is 131 Å². The molecule has 0 amide bonds. The Bertz CT molecular complexity index is 1180. The van der Waals surface area contributed by atoms with Crippen molar-refractivity contribution >= 4 is 26.7 Å². The van der Waals surface area contributed by atoms with E-state index in [1.165, 1.54) is 24.7 Å². The first-order valence-electron chi connectivity index (χ1n) is 9.41. The summed E-state index contributed by atoms with van der Waals surface area (Å²) in [5.74, 6) is -4.49. The van der Waals surface area contributed by atoms with Gasteiger partial charge in [-0.15, -0.1) is 5.10 Å². The van der Waals surface area contributed by atoms with Crippen molar-refractivity contribution < 1.29 is 37.4 Å². The first kappa shape index (κ1) is 23.9. The third kappa shape index (κ3) is 4.58. The molecule has 0 spiro atoms. The Morgan fingerprint density at radius 2 is 1.82 bits per heavy atom. The van der Waals surface area contributed by atoms with Crippen molar-refractivity contribution in [1.29, 1.82) is 0 Å². The van der Waals surface area contributed by atoms with Gasteiger partial charge in [0.05, 0.1) is 28.5 Å². The number of benzene rings is 1. The summed E-state index contributed by atoms with van der Waals surface area (Å²) in [5.41, 5.74) is -1.60. The fourth-order valence-electron chi connectivity index (χ4n) is 3.45. The molecule has 6 atom stereocenters. The van der Waals surface area contributed by atoms with E-state index in [0.29, 0.717) is 4.47 Å². The molecule has 3 N–H and O–H groups in total. The maximum absolute atomic E-state index is 13.6. The van der Waals surface area contributed by atoms with Crippen molar-refractivity contribution in [3.63, 3.8) is 0 Å². The summed E-state index contributed by atoms with van der Waals surface area (Å²) in [4.78, 5) is 4.14. The molecule has 1 fully saturated rings. The highest BCUT2D eigenvalue weighted by atomic mass is 79.9. The molecule has 3 heterocycles. The smallest absolute Gasteiger partial charge is 0.194 e. The third-order valence-electron chi connectivity index (χ3n) is 5.07. The van der Waals surface area contributed by atoms with E-state index in [-0.39, 0.29) is 16.2 Å². The normalized spacial score (nSPS) is 26.3. The predicted molar refractivity (Wildman–Crippen MR) is 110 cm³/mol. The molecular weight excluding hydrogens is 533 g/mol. The summed E-state index contributed by atoms with van der Waals surface area (Å²) in [7, 11) is -1.97. The summed E-state index contributed by atoms with van der Waals surface area (Å²) in [6.45, 7) is -0.662. The molecule has 0 bridgehead atoms. The van der Waals surface area contributed by atoms with Crippen LogP contribution >= 0.6 is 15.9 Å². The molecule has 1 aromatic carbocycles. The van der Waals surface area contributed by atoms with Gasteiger partial charge >= 0.3 is 0 Å². The van der Waals surface area contributed by atoms with E-state index in [1.807, 2.05) is 0 Å². The molecule has 4 rings (SSSR count). The molecule has 176 valence electrons. The highest BCUT2D eigenvalue weighted by Crippen LogP contribution is 2.34. The van der Waals surface area contributed by atoms with Crippen molar-refractivity contribution in [2.75, 3.05) is 6.61 Å². The van der Waals surface area contributed by atoms with Crippen LogP contribution in [0.25, 0.3) is 11.3 Å². The minimum absolute atomic E-state index is 0.0758. The summed E-state index contributed by atoms with van der Waals surface area (Å²) in [5, 5.41) is 38.8. The Hall–Kier alpha value is -2.23. The van der Waals surface area contributed by atoms with Gasteiger partial charge in [-0.05, 0) is 34.1 Å². The molecule has 1 aliphatic rings. The average molecular weight is 549 g/mol. The van der Waals surface area contributed by atoms with Crippen LogP contribution in [0, 0.1) is 17.5 Å². The van der Waals surface area contributed by atoms with Crippen molar-refractivity contribution in [1.82, 2.24) is 20.0 Å². The molecule has 3 aromatic rings. The summed E-state index contributed by atoms with van der Waals surface area (Å²) >= 11 is 3.21. The van der Waals surface area contributed by atoms with Gasteiger partial charge in [-0.25, -0.2) is 17.9 Å². The highest BCUT2D eigenvalue weighted by molar-refractivity contribution is 9.10. The Labute approximate surface area is 195 Å². The monoisotopic (exact) mass is 548 g/mol. The molecule has 14 heteroatoms. The van der Waals surface area contributed by atoms with Gasteiger partial charge in [0.25, 0.3) is 0 Å². The standard InChI is InChI=1S/C19H16BrF3N4O5S/c20-9-3-10(5-24-4-9)33(31)19-18(30)16(17(29)14(7-28)32-19)27-6-13(25-26-27)8-1-11(21)15(23)12(22)2-8/h1-6,14,16-19,28-30H,7H2/t14?,16?,17-,18-,19+,33?/m0/s1. The van der Waals surface area contributed by atoms with Gasteiger partial charge < -0.3 is 20.1 Å². The van der Waals surface area contributed by atoms with Gasteiger partial charge in [0.1, 0.15) is 30.0 Å². The zero-order chi connectivity index (χ0) is 23.9. The van der Waals surface area contributed by atoms with Crippen LogP contribution in [0.4, 0.5) is 13.2 Å². The van der Waals surface area contributed by atoms with Crippen molar-refractivity contribution in [2.24, 2.45) is 0 Å². The number of rotatable bonds is 5. The summed E-state index contributed by atoms with van der Waals surface area (Å²) < 4.78 is 60.6. The maximum Gasteiger partial charge on any atom is 0.194 e. The van der Waals surface area contributed by atoms with Crippen LogP contribution in [0.3, 0.4) is 0 Å². The zero-order valence-corrected chi connectivity index (χ0v) is 18.8. The van der Waals surface area contributed by atoms with Crippen molar-refractivity contribution in [2.45, 2.75) is 34.7 Å². The van der Waals surface area contributed by atoms with Gasteiger partial charge in [0, 0.05) is 22.4 Å². The predicted octanol–water partition coefficient (Wildman–Crippen LogP) is 1.31. The Morgan fingerprint density at radius 3 is 2.45 bits per heavy atom. The molecule has 1 aliphatic heterocycles. The van der Waals surface area contributed by atoms with Crippen LogP contribution < -0.4 is 0 Å². The number of hydrogen-bond acceptors (Lipinski definition) is 8. The Morgan fingerprint density at radius 1 is 1.12 bits per heavy atom. The van der Waals surface area contributed by atoms with Crippen LogP contribution in [-0.4, -0.2) is 69.9 Å². The minimum Gasteiger partial charge on any atom is -0.394 e. The number of aliphatic hydroxyl groups excluding tert-OH is 3. The van der Waals surface area contributed by atoms with Crippen LogP contribution in [0.5, 0.6) is 0 Å². The molecule has 2 aromatic heterocycles. The summed E-state index contributed by atoms with van der Waals surface area (Å²) in [6.07, 6.45) is -0.380. The molecule has 0 saturated carbocycles. The first-order chi connectivity index (χ1) is 15.7. The lowest BCUT2D eigenvalue weighted by atomic mass is 9.97. The van der Waals surface area contributed by atoms with Gasteiger partial charge in [-0.1, -0.05) is 5.21 Å². The highest BCUT2D eigenvalue weighted by Gasteiger charge is 2.48. The van der Waals surface area contributed by atoms with E-state index in [9.17, 15) is 32.7 Å². The second-order valence-corrected chi connectivity index (χ2v) is 9.62. The number of ether oxygens (including phenoxy) is 1. The van der Waals surface area contributed by atoms with Crippen molar-refractivity contribution in [3.05, 3.63) is 58.7 Å². The third-order valence-corrected chi connectivity index (χ3v) is 7.00. The fraction of sp³-hybridized carbons (Fsp3) is 0.316. The van der Waals surface area contributed by atoms with Gasteiger partial charge in [-0.3, -0.25) is 9.19 Å². The van der Waals surface area contributed by atoms with E-state index >= 15 is 0 Å². The van der Waals surface area contributed by atoms with Gasteiger partial charge in [0.2, 0.25) is 0 Å². The largest absolute Gasteiger partial charge is 0.394 e. The number of hydrogen-bond donors (Lipinski definition) is 3. The SMILES string of the molecule is O=S(c1cncc(Br)c1)[C@H]1OC(CO)[C@H](O)C(n2cc(-c3cc(F)c(F)c(F)c3)nn2)[C@@H]1O. The average Bonchev–Trinajstić information content (AvgIpc) is 3.27. The number of pyridine rings is 1.